The van der Waals surface area contributed by atoms with Crippen molar-refractivity contribution in [3.63, 3.8) is 0 Å². The molecule has 0 aliphatic rings. The number of carbonyl (C=O) groups is 2. The first-order chi connectivity index (χ1) is 14.0. The van der Waals surface area contributed by atoms with E-state index in [4.69, 9.17) is 0 Å². The molecule has 0 spiro atoms. The van der Waals surface area contributed by atoms with Gasteiger partial charge in [-0.05, 0) is 25.5 Å². The summed E-state index contributed by atoms with van der Waals surface area (Å²) in [6, 6.07) is 25.2. The van der Waals surface area contributed by atoms with Crippen molar-refractivity contribution in [3.8, 4) is 0 Å². The van der Waals surface area contributed by atoms with Crippen LogP contribution < -0.4 is 16.0 Å². The average Bonchev–Trinajstić information content (AvgIpc) is 2.72. The van der Waals surface area contributed by atoms with Crippen molar-refractivity contribution < 1.29 is 14.9 Å². The highest BCUT2D eigenvalue weighted by atomic mass is 16.2. The van der Waals surface area contributed by atoms with Crippen LogP contribution in [0.2, 0.25) is 0 Å². The number of quaternary nitrogens is 1. The molecular weight excluding hydrogens is 362 g/mol. The zero-order chi connectivity index (χ0) is 20.6. The number of rotatable bonds is 6. The molecule has 3 amide bonds. The Bertz CT molecular complexity index is 932. The van der Waals surface area contributed by atoms with E-state index in [1.165, 1.54) is 0 Å². The quantitative estimate of drug-likeness (QED) is 0.606. The minimum atomic E-state index is -0.522. The van der Waals surface area contributed by atoms with E-state index in [0.29, 0.717) is 5.69 Å². The summed E-state index contributed by atoms with van der Waals surface area (Å²) in [6.45, 7) is 4.05. The van der Waals surface area contributed by atoms with Gasteiger partial charge in [-0.3, -0.25) is 10.1 Å². The fraction of sp³-hybridized carbons (Fsp3) is 0.167. The molecule has 0 fully saturated rings. The molecule has 0 aromatic heterocycles. The Morgan fingerprint density at radius 3 is 2.00 bits per heavy atom. The molecule has 0 aliphatic heterocycles. The van der Waals surface area contributed by atoms with Gasteiger partial charge in [-0.25, -0.2) is 4.79 Å². The van der Waals surface area contributed by atoms with Crippen LogP contribution in [0.1, 0.15) is 28.3 Å². The number of amides is 3. The summed E-state index contributed by atoms with van der Waals surface area (Å²) < 4.78 is 0. The smallest absolute Gasteiger partial charge is 0.326 e. The number of nitrogens with two attached hydrogens (primary N) is 1. The number of hydrogen-bond acceptors (Lipinski definition) is 2. The fourth-order valence-electron chi connectivity index (χ4n) is 3.30. The van der Waals surface area contributed by atoms with Crippen molar-refractivity contribution in [1.29, 1.82) is 0 Å². The first kappa shape index (κ1) is 20.3. The van der Waals surface area contributed by atoms with Gasteiger partial charge in [0.1, 0.15) is 6.04 Å². The Balaban J connectivity index is 1.61. The highest BCUT2D eigenvalue weighted by Crippen LogP contribution is 2.18. The average molecular weight is 388 g/mol. The highest BCUT2D eigenvalue weighted by Gasteiger charge is 2.19. The number of nitrogens with one attached hydrogen (secondary N) is 2. The summed E-state index contributed by atoms with van der Waals surface area (Å²) >= 11 is 0. The predicted molar refractivity (Wildman–Crippen MR) is 115 cm³/mol. The number of urea groups is 1. The zero-order valence-electron chi connectivity index (χ0n) is 16.7. The summed E-state index contributed by atoms with van der Waals surface area (Å²) in [4.78, 5) is 24.5. The van der Waals surface area contributed by atoms with E-state index in [2.05, 4.69) is 10.6 Å². The van der Waals surface area contributed by atoms with Crippen LogP contribution in [0.3, 0.4) is 0 Å². The van der Waals surface area contributed by atoms with Gasteiger partial charge in [0, 0.05) is 16.8 Å². The lowest BCUT2D eigenvalue weighted by Crippen LogP contribution is -2.87. The van der Waals surface area contributed by atoms with Gasteiger partial charge in [0.15, 0.2) is 6.54 Å². The van der Waals surface area contributed by atoms with E-state index in [-0.39, 0.29) is 18.5 Å². The summed E-state index contributed by atoms with van der Waals surface area (Å²) in [6.07, 6.45) is 0. The van der Waals surface area contributed by atoms with E-state index < -0.39 is 6.03 Å². The molecule has 3 aromatic rings. The van der Waals surface area contributed by atoms with Gasteiger partial charge < -0.3 is 10.6 Å². The molecule has 3 aromatic carbocycles. The zero-order valence-corrected chi connectivity index (χ0v) is 16.7. The first-order valence-electron chi connectivity index (χ1n) is 9.64. The second-order valence-corrected chi connectivity index (χ2v) is 7.06. The molecule has 0 bridgehead atoms. The lowest BCUT2D eigenvalue weighted by atomic mass is 9.99. The maximum Gasteiger partial charge on any atom is 0.326 e. The molecule has 29 heavy (non-hydrogen) atoms. The second kappa shape index (κ2) is 9.66. The SMILES string of the molecule is Cc1ccc(NC(=O)NC(=O)C[NH2+]C(c2ccccc2)c2ccccc2)c(C)c1. The molecule has 0 radical (unpaired) electrons. The van der Waals surface area contributed by atoms with Crippen molar-refractivity contribution in [3.05, 3.63) is 101 Å². The topological polar surface area (TPSA) is 74.8 Å². The Labute approximate surface area is 171 Å². The van der Waals surface area contributed by atoms with Gasteiger partial charge in [0.2, 0.25) is 0 Å². The van der Waals surface area contributed by atoms with Crippen LogP contribution >= 0.6 is 0 Å². The van der Waals surface area contributed by atoms with Crippen molar-refractivity contribution in [2.75, 3.05) is 11.9 Å². The third kappa shape index (κ3) is 5.77. The predicted octanol–water partition coefficient (Wildman–Crippen LogP) is 3.30. The molecule has 0 atom stereocenters. The Morgan fingerprint density at radius 2 is 1.45 bits per heavy atom. The summed E-state index contributed by atoms with van der Waals surface area (Å²) in [5.74, 6) is -0.343. The molecule has 0 saturated carbocycles. The van der Waals surface area contributed by atoms with E-state index in [9.17, 15) is 9.59 Å². The summed E-state index contributed by atoms with van der Waals surface area (Å²) in [7, 11) is 0. The fourth-order valence-corrected chi connectivity index (χ4v) is 3.30. The molecule has 148 valence electrons. The number of imide groups is 1. The van der Waals surface area contributed by atoms with Crippen molar-refractivity contribution in [1.82, 2.24) is 5.32 Å². The number of carbonyl (C=O) groups excluding carboxylic acids is 2. The molecule has 3 rings (SSSR count). The molecule has 5 heteroatoms. The summed E-state index contributed by atoms with van der Waals surface area (Å²) in [5.41, 5.74) is 4.97. The largest absolute Gasteiger partial charge is 0.328 e. The van der Waals surface area contributed by atoms with E-state index in [1.807, 2.05) is 98.0 Å². The third-order valence-corrected chi connectivity index (χ3v) is 4.74. The van der Waals surface area contributed by atoms with E-state index in [1.54, 1.807) is 0 Å². The molecule has 0 heterocycles. The second-order valence-electron chi connectivity index (χ2n) is 7.06. The van der Waals surface area contributed by atoms with Gasteiger partial charge in [0.25, 0.3) is 5.91 Å². The molecule has 4 N–H and O–H groups in total. The Morgan fingerprint density at radius 1 is 0.862 bits per heavy atom. The molecule has 0 unspecified atom stereocenters. The normalized spacial score (nSPS) is 10.6. The van der Waals surface area contributed by atoms with Crippen LogP contribution in [0.4, 0.5) is 10.5 Å². The molecule has 0 aliphatic carbocycles. The molecule has 5 nitrogen and oxygen atoms in total. The van der Waals surface area contributed by atoms with Crippen LogP contribution in [0.5, 0.6) is 0 Å². The van der Waals surface area contributed by atoms with Gasteiger partial charge in [0.05, 0.1) is 0 Å². The monoisotopic (exact) mass is 388 g/mol. The minimum absolute atomic E-state index is 0.0226. The highest BCUT2D eigenvalue weighted by molar-refractivity contribution is 6.01. The maximum absolute atomic E-state index is 12.3. The van der Waals surface area contributed by atoms with Crippen LogP contribution in [0, 0.1) is 13.8 Å². The minimum Gasteiger partial charge on any atom is -0.328 e. The van der Waals surface area contributed by atoms with Gasteiger partial charge in [-0.1, -0.05) is 78.4 Å². The maximum atomic E-state index is 12.3. The van der Waals surface area contributed by atoms with E-state index >= 15 is 0 Å². The van der Waals surface area contributed by atoms with Crippen molar-refractivity contribution in [2.45, 2.75) is 19.9 Å². The standard InChI is InChI=1S/C24H25N3O2/c1-17-13-14-21(18(2)15-17)26-24(29)27-22(28)16-25-23(19-9-5-3-6-10-19)20-11-7-4-8-12-20/h3-15,23,25H,16H2,1-2H3,(H2,26,27,28,29)/p+1. The van der Waals surface area contributed by atoms with Crippen molar-refractivity contribution in [2.24, 2.45) is 0 Å². The number of aryl methyl sites for hydroxylation is 2. The van der Waals surface area contributed by atoms with Crippen LogP contribution in [0.25, 0.3) is 0 Å². The van der Waals surface area contributed by atoms with Crippen LogP contribution in [-0.4, -0.2) is 18.5 Å². The first-order valence-corrected chi connectivity index (χ1v) is 9.64. The van der Waals surface area contributed by atoms with Crippen LogP contribution in [0.15, 0.2) is 78.9 Å². The van der Waals surface area contributed by atoms with Gasteiger partial charge in [-0.15, -0.1) is 0 Å². The van der Waals surface area contributed by atoms with Crippen LogP contribution in [-0.2, 0) is 4.79 Å². The third-order valence-electron chi connectivity index (χ3n) is 4.74. The summed E-state index contributed by atoms with van der Waals surface area (Å²) in [5, 5.41) is 7.08. The Kier molecular flexibility index (Phi) is 6.76. The lowest BCUT2D eigenvalue weighted by Gasteiger charge is -2.16. The molecule has 0 saturated heterocycles. The van der Waals surface area contributed by atoms with E-state index in [0.717, 1.165) is 22.3 Å². The van der Waals surface area contributed by atoms with Gasteiger partial charge >= 0.3 is 6.03 Å². The number of benzene rings is 3. The number of hydrogen-bond donors (Lipinski definition) is 3. The Hall–Kier alpha value is -3.44. The van der Waals surface area contributed by atoms with Crippen molar-refractivity contribution >= 4 is 17.6 Å². The lowest BCUT2D eigenvalue weighted by molar-refractivity contribution is -0.676. The number of anilines is 1. The van der Waals surface area contributed by atoms with Gasteiger partial charge in [-0.2, -0.15) is 0 Å². The molecular formula is C24H26N3O2+.